The number of hydrogen-bond donors (Lipinski definition) is 2. The monoisotopic (exact) mass is 516 g/mol. The van der Waals surface area contributed by atoms with Crippen LogP contribution in [0.2, 0.25) is 0 Å². The molecule has 0 bridgehead atoms. The molecule has 1 saturated heterocycles. The summed E-state index contributed by atoms with van der Waals surface area (Å²) in [6.45, 7) is 0.607. The van der Waals surface area contributed by atoms with Crippen molar-refractivity contribution in [1.29, 1.82) is 0 Å². The van der Waals surface area contributed by atoms with Gasteiger partial charge in [0.25, 0.3) is 5.91 Å². The molecule has 3 rings (SSSR count). The van der Waals surface area contributed by atoms with Crippen LogP contribution in [0.15, 0.2) is 47.4 Å². The third kappa shape index (κ3) is 4.65. The van der Waals surface area contributed by atoms with Crippen LogP contribution < -0.4 is 10.1 Å². The molecule has 0 aromatic heterocycles. The highest BCUT2D eigenvalue weighted by molar-refractivity contribution is 14.1. The minimum Gasteiger partial charge on any atom is -0.496 e. The molecule has 0 saturated carbocycles. The molecule has 1 heterocycles. The maximum absolute atomic E-state index is 12.7. The van der Waals surface area contributed by atoms with Gasteiger partial charge in [-0.25, -0.2) is 8.42 Å². The second-order valence-corrected chi connectivity index (χ2v) is 9.56. The van der Waals surface area contributed by atoms with E-state index >= 15 is 0 Å². The normalized spacial score (nSPS) is 16.0. The molecule has 9 heteroatoms. The highest BCUT2D eigenvalue weighted by Crippen LogP contribution is 2.24. The van der Waals surface area contributed by atoms with Gasteiger partial charge in [0, 0.05) is 24.3 Å². The summed E-state index contributed by atoms with van der Waals surface area (Å²) >= 11 is 2.09. The molecule has 0 aliphatic carbocycles. The number of ether oxygens (including phenoxy) is 1. The number of carbonyl (C=O) groups excluding carboxylic acids is 1. The quantitative estimate of drug-likeness (QED) is 0.597. The average Bonchev–Trinajstić information content (AvgIpc) is 2.68. The summed E-state index contributed by atoms with van der Waals surface area (Å²) in [5.41, 5.74) is 0.984. The van der Waals surface area contributed by atoms with Crippen molar-refractivity contribution in [1.82, 2.24) is 4.31 Å². The van der Waals surface area contributed by atoms with Crippen molar-refractivity contribution in [3.8, 4) is 5.75 Å². The van der Waals surface area contributed by atoms with Gasteiger partial charge in [0.2, 0.25) is 10.0 Å². The smallest absolute Gasteiger partial charge is 0.255 e. The van der Waals surface area contributed by atoms with Gasteiger partial charge in [0.15, 0.2) is 0 Å². The molecule has 150 valence electrons. The van der Waals surface area contributed by atoms with Crippen LogP contribution in [0.4, 0.5) is 5.69 Å². The Kier molecular flexibility index (Phi) is 6.58. The molecular weight excluding hydrogens is 495 g/mol. The van der Waals surface area contributed by atoms with Crippen molar-refractivity contribution in [3.05, 3.63) is 51.6 Å². The number of amides is 1. The number of anilines is 1. The van der Waals surface area contributed by atoms with Gasteiger partial charge in [0.05, 0.1) is 21.7 Å². The molecule has 2 aromatic rings. The Balaban J connectivity index is 1.70. The molecule has 2 aromatic carbocycles. The first-order valence-corrected chi connectivity index (χ1v) is 11.3. The Labute approximate surface area is 177 Å². The Hall–Kier alpha value is -1.69. The van der Waals surface area contributed by atoms with Gasteiger partial charge in [-0.1, -0.05) is 0 Å². The zero-order valence-corrected chi connectivity index (χ0v) is 18.2. The van der Waals surface area contributed by atoms with Gasteiger partial charge < -0.3 is 15.2 Å². The summed E-state index contributed by atoms with van der Waals surface area (Å²) in [7, 11) is -2.03. The molecule has 1 aliphatic rings. The number of nitrogens with zero attached hydrogens (tertiary/aromatic N) is 1. The molecule has 0 unspecified atom stereocenters. The highest BCUT2D eigenvalue weighted by atomic mass is 127. The molecular formula is C19H21IN2O5S. The van der Waals surface area contributed by atoms with E-state index in [4.69, 9.17) is 4.74 Å². The van der Waals surface area contributed by atoms with E-state index in [1.54, 1.807) is 37.4 Å². The fourth-order valence-electron chi connectivity index (χ4n) is 2.95. The van der Waals surface area contributed by atoms with Crippen LogP contribution in [0.1, 0.15) is 23.2 Å². The lowest BCUT2D eigenvalue weighted by atomic mass is 10.1. The van der Waals surface area contributed by atoms with Crippen LogP contribution in [0, 0.1) is 3.57 Å². The predicted octanol–water partition coefficient (Wildman–Crippen LogP) is 2.70. The number of nitrogens with one attached hydrogen (secondary N) is 1. The minimum atomic E-state index is -3.60. The van der Waals surface area contributed by atoms with E-state index < -0.39 is 16.1 Å². The summed E-state index contributed by atoms with van der Waals surface area (Å²) in [5, 5.41) is 12.3. The van der Waals surface area contributed by atoms with Crippen molar-refractivity contribution in [2.24, 2.45) is 0 Å². The van der Waals surface area contributed by atoms with E-state index in [1.807, 2.05) is 0 Å². The fourth-order valence-corrected chi connectivity index (χ4v) is 5.16. The number of piperidine rings is 1. The van der Waals surface area contributed by atoms with Crippen LogP contribution in [-0.2, 0) is 10.0 Å². The van der Waals surface area contributed by atoms with Gasteiger partial charge in [-0.2, -0.15) is 4.31 Å². The van der Waals surface area contributed by atoms with Crippen molar-refractivity contribution < 1.29 is 23.1 Å². The molecule has 0 radical (unpaired) electrons. The number of rotatable bonds is 5. The van der Waals surface area contributed by atoms with Crippen LogP contribution in [0.25, 0.3) is 0 Å². The maximum atomic E-state index is 12.7. The molecule has 2 N–H and O–H groups in total. The number of benzene rings is 2. The first-order valence-electron chi connectivity index (χ1n) is 8.74. The third-order valence-corrected chi connectivity index (χ3v) is 7.34. The number of aliphatic hydroxyl groups excluding tert-OH is 1. The second-order valence-electron chi connectivity index (χ2n) is 6.46. The minimum absolute atomic E-state index is 0.167. The molecule has 1 aliphatic heterocycles. The van der Waals surface area contributed by atoms with Gasteiger partial charge in [-0.3, -0.25) is 4.79 Å². The number of carbonyl (C=O) groups is 1. The summed E-state index contributed by atoms with van der Waals surface area (Å²) in [6.07, 6.45) is 0.437. The molecule has 0 spiro atoms. The van der Waals surface area contributed by atoms with Gasteiger partial charge in [-0.15, -0.1) is 0 Å². The summed E-state index contributed by atoms with van der Waals surface area (Å²) in [5.74, 6) is 0.401. The zero-order chi connectivity index (χ0) is 20.3. The number of halogens is 1. The first-order chi connectivity index (χ1) is 13.3. The zero-order valence-electron chi connectivity index (χ0n) is 15.3. The van der Waals surface area contributed by atoms with Crippen LogP contribution >= 0.6 is 22.6 Å². The van der Waals surface area contributed by atoms with E-state index in [2.05, 4.69) is 27.9 Å². The molecule has 1 amide bonds. The van der Waals surface area contributed by atoms with E-state index in [1.165, 1.54) is 16.4 Å². The van der Waals surface area contributed by atoms with Crippen LogP contribution in [-0.4, -0.2) is 50.0 Å². The number of sulfonamides is 1. The number of hydrogen-bond acceptors (Lipinski definition) is 5. The van der Waals surface area contributed by atoms with Crippen LogP contribution in [0.5, 0.6) is 5.75 Å². The lowest BCUT2D eigenvalue weighted by Gasteiger charge is -2.28. The SMILES string of the molecule is COc1ccc(C(=O)Nc2ccc(S(=O)(=O)N3CCC(O)CC3)cc2)cc1I. The average molecular weight is 516 g/mol. The van der Waals surface area contributed by atoms with E-state index in [0.717, 1.165) is 3.57 Å². The third-order valence-electron chi connectivity index (χ3n) is 4.59. The maximum Gasteiger partial charge on any atom is 0.255 e. The fraction of sp³-hybridized carbons (Fsp3) is 0.316. The number of aliphatic hydroxyl groups is 1. The van der Waals surface area contributed by atoms with Crippen molar-refractivity contribution in [2.75, 3.05) is 25.5 Å². The second kappa shape index (κ2) is 8.76. The summed E-state index contributed by atoms with van der Waals surface area (Å²) < 4.78 is 32.8. The van der Waals surface area contributed by atoms with E-state index in [0.29, 0.717) is 42.9 Å². The Morgan fingerprint density at radius 3 is 2.39 bits per heavy atom. The summed E-state index contributed by atoms with van der Waals surface area (Å²) in [4.78, 5) is 12.6. The van der Waals surface area contributed by atoms with Gasteiger partial charge in [-0.05, 0) is 77.9 Å². The standard InChI is InChI=1S/C19H21IN2O5S/c1-27-18-7-2-13(12-17(18)20)19(24)21-14-3-5-16(6-4-14)28(25,26)22-10-8-15(23)9-11-22/h2-7,12,15,23H,8-11H2,1H3,(H,21,24). The lowest BCUT2D eigenvalue weighted by molar-refractivity contribution is 0.102. The first kappa shape index (κ1) is 21.0. The van der Waals surface area contributed by atoms with E-state index in [9.17, 15) is 18.3 Å². The Morgan fingerprint density at radius 2 is 1.82 bits per heavy atom. The lowest BCUT2D eigenvalue weighted by Crippen LogP contribution is -2.39. The van der Waals surface area contributed by atoms with Gasteiger partial charge >= 0.3 is 0 Å². The van der Waals surface area contributed by atoms with Crippen molar-refractivity contribution in [2.45, 2.75) is 23.8 Å². The molecule has 0 atom stereocenters. The molecule has 28 heavy (non-hydrogen) atoms. The van der Waals surface area contributed by atoms with E-state index in [-0.39, 0.29) is 10.8 Å². The van der Waals surface area contributed by atoms with Crippen LogP contribution in [0.3, 0.4) is 0 Å². The molecule has 7 nitrogen and oxygen atoms in total. The Morgan fingerprint density at radius 1 is 1.18 bits per heavy atom. The van der Waals surface area contributed by atoms with Crippen molar-refractivity contribution in [3.63, 3.8) is 0 Å². The Bertz CT molecular complexity index is 955. The number of methoxy groups -OCH3 is 1. The predicted molar refractivity (Wildman–Crippen MR) is 114 cm³/mol. The van der Waals surface area contributed by atoms with Gasteiger partial charge in [0.1, 0.15) is 5.75 Å². The molecule has 1 fully saturated rings. The van der Waals surface area contributed by atoms with Crippen molar-refractivity contribution >= 4 is 44.2 Å². The summed E-state index contributed by atoms with van der Waals surface area (Å²) in [6, 6.07) is 11.2. The largest absolute Gasteiger partial charge is 0.496 e. The topological polar surface area (TPSA) is 95.9 Å². The highest BCUT2D eigenvalue weighted by Gasteiger charge is 2.28.